The average Bonchev–Trinajstić information content (AvgIpc) is 2.92. The third-order valence-corrected chi connectivity index (χ3v) is 3.19. The monoisotopic (exact) mass is 233 g/mol. The Bertz CT molecular complexity index is 320. The van der Waals surface area contributed by atoms with Crippen LogP contribution in [0.3, 0.4) is 0 Å². The number of aliphatic imine (C=N–C) groups is 1. The number of nitrogens with one attached hydrogen (secondary N) is 2. The topological polar surface area (TPSA) is 70.6 Å². The third kappa shape index (κ3) is 6.33. The summed E-state index contributed by atoms with van der Waals surface area (Å²) in [5.41, 5.74) is 0. The van der Waals surface area contributed by atoms with Crippen molar-refractivity contribution >= 4 is 15.8 Å². The molecule has 0 saturated heterocycles. The Kier molecular flexibility index (Phi) is 4.38. The third-order valence-electron chi connectivity index (χ3n) is 2.24. The first-order valence-corrected chi connectivity index (χ1v) is 7.19. The molecular formula is C9H19N3O2S. The highest BCUT2D eigenvalue weighted by Crippen LogP contribution is 2.27. The first-order valence-electron chi connectivity index (χ1n) is 5.13. The van der Waals surface area contributed by atoms with Gasteiger partial charge in [-0.1, -0.05) is 0 Å². The molecule has 1 aliphatic rings. The van der Waals surface area contributed by atoms with Crippen LogP contribution in [-0.4, -0.2) is 46.5 Å². The predicted octanol–water partition coefficient (Wildman–Crippen LogP) is -0.394. The molecule has 0 heterocycles. The second-order valence-corrected chi connectivity index (χ2v) is 6.21. The molecular weight excluding hydrogens is 214 g/mol. The zero-order valence-corrected chi connectivity index (χ0v) is 10.1. The number of guanidine groups is 1. The average molecular weight is 233 g/mol. The van der Waals surface area contributed by atoms with Gasteiger partial charge in [0.2, 0.25) is 0 Å². The van der Waals surface area contributed by atoms with Gasteiger partial charge in [0.25, 0.3) is 0 Å². The molecule has 1 fully saturated rings. The fourth-order valence-electron chi connectivity index (χ4n) is 1.14. The van der Waals surface area contributed by atoms with E-state index in [2.05, 4.69) is 15.6 Å². The molecule has 0 aromatic carbocycles. The predicted molar refractivity (Wildman–Crippen MR) is 61.8 cm³/mol. The highest BCUT2D eigenvalue weighted by atomic mass is 32.2. The summed E-state index contributed by atoms with van der Waals surface area (Å²) in [6.45, 7) is 1.34. The zero-order valence-electron chi connectivity index (χ0n) is 9.28. The smallest absolute Gasteiger partial charge is 0.191 e. The number of hydrogen-bond donors (Lipinski definition) is 2. The number of sulfone groups is 1. The molecule has 5 nitrogen and oxygen atoms in total. The van der Waals surface area contributed by atoms with Gasteiger partial charge in [0.05, 0.1) is 5.75 Å². The Morgan fingerprint density at radius 2 is 2.07 bits per heavy atom. The van der Waals surface area contributed by atoms with Gasteiger partial charge in [0, 0.05) is 26.4 Å². The van der Waals surface area contributed by atoms with Crippen molar-refractivity contribution in [2.75, 3.05) is 32.1 Å². The molecule has 0 spiro atoms. The van der Waals surface area contributed by atoms with E-state index in [4.69, 9.17) is 0 Å². The first kappa shape index (κ1) is 12.3. The highest BCUT2D eigenvalue weighted by molar-refractivity contribution is 7.90. The van der Waals surface area contributed by atoms with Gasteiger partial charge in [-0.25, -0.2) is 8.42 Å². The summed E-state index contributed by atoms with van der Waals surface area (Å²) in [5.74, 6) is 1.60. The molecule has 0 unspecified atom stereocenters. The van der Waals surface area contributed by atoms with Gasteiger partial charge in [-0.15, -0.1) is 0 Å². The Balaban J connectivity index is 2.15. The highest BCUT2D eigenvalue weighted by Gasteiger charge is 2.20. The Labute approximate surface area is 91.3 Å². The van der Waals surface area contributed by atoms with Crippen LogP contribution >= 0.6 is 0 Å². The van der Waals surface area contributed by atoms with Gasteiger partial charge in [-0.3, -0.25) is 4.99 Å². The minimum Gasteiger partial charge on any atom is -0.356 e. The van der Waals surface area contributed by atoms with E-state index in [0.29, 0.717) is 12.5 Å². The first-order chi connectivity index (χ1) is 7.01. The Morgan fingerprint density at radius 1 is 1.40 bits per heavy atom. The van der Waals surface area contributed by atoms with Crippen LogP contribution in [0.1, 0.15) is 12.8 Å². The van der Waals surface area contributed by atoms with Gasteiger partial charge in [-0.05, 0) is 18.8 Å². The van der Waals surface area contributed by atoms with E-state index >= 15 is 0 Å². The van der Waals surface area contributed by atoms with Gasteiger partial charge < -0.3 is 10.6 Å². The summed E-state index contributed by atoms with van der Waals surface area (Å²) >= 11 is 0. The van der Waals surface area contributed by atoms with Crippen LogP contribution in [0.15, 0.2) is 4.99 Å². The van der Waals surface area contributed by atoms with Crippen molar-refractivity contribution in [3.63, 3.8) is 0 Å². The summed E-state index contributed by atoms with van der Waals surface area (Å²) in [7, 11) is -1.21. The van der Waals surface area contributed by atoms with Crippen LogP contribution in [-0.2, 0) is 9.84 Å². The van der Waals surface area contributed by atoms with Crippen molar-refractivity contribution in [3.8, 4) is 0 Å². The van der Waals surface area contributed by atoms with Gasteiger partial charge >= 0.3 is 0 Å². The Hall–Kier alpha value is -0.780. The lowest BCUT2D eigenvalue weighted by atomic mass is 10.4. The van der Waals surface area contributed by atoms with Crippen molar-refractivity contribution in [1.82, 2.24) is 10.6 Å². The zero-order chi connectivity index (χ0) is 11.3. The lowest BCUT2D eigenvalue weighted by Crippen LogP contribution is -2.40. The maximum absolute atomic E-state index is 10.9. The van der Waals surface area contributed by atoms with E-state index in [1.54, 1.807) is 7.05 Å². The molecule has 15 heavy (non-hydrogen) atoms. The normalized spacial score (nSPS) is 17.6. The van der Waals surface area contributed by atoms with E-state index in [1.165, 1.54) is 19.1 Å². The summed E-state index contributed by atoms with van der Waals surface area (Å²) in [6, 6.07) is 0. The second kappa shape index (κ2) is 5.34. The lowest BCUT2D eigenvalue weighted by molar-refractivity contribution is 0.600. The minimum atomic E-state index is -2.89. The molecule has 6 heteroatoms. The quantitative estimate of drug-likeness (QED) is 0.501. The maximum atomic E-state index is 10.9. The van der Waals surface area contributed by atoms with Crippen molar-refractivity contribution in [2.24, 2.45) is 10.9 Å². The van der Waals surface area contributed by atoms with Gasteiger partial charge in [0.15, 0.2) is 5.96 Å². The number of hydrogen-bond acceptors (Lipinski definition) is 3. The molecule has 1 saturated carbocycles. The van der Waals surface area contributed by atoms with E-state index < -0.39 is 9.84 Å². The maximum Gasteiger partial charge on any atom is 0.191 e. The van der Waals surface area contributed by atoms with E-state index in [1.807, 2.05) is 0 Å². The van der Waals surface area contributed by atoms with Crippen LogP contribution in [0.25, 0.3) is 0 Å². The molecule has 0 aliphatic heterocycles. The molecule has 88 valence electrons. The van der Waals surface area contributed by atoms with Crippen molar-refractivity contribution in [1.29, 1.82) is 0 Å². The van der Waals surface area contributed by atoms with Crippen LogP contribution in [0.4, 0.5) is 0 Å². The molecule has 0 bridgehead atoms. The van der Waals surface area contributed by atoms with Crippen LogP contribution < -0.4 is 10.6 Å². The fourth-order valence-corrected chi connectivity index (χ4v) is 1.61. The molecule has 0 atom stereocenters. The van der Waals surface area contributed by atoms with Crippen molar-refractivity contribution < 1.29 is 8.42 Å². The number of rotatable bonds is 5. The molecule has 1 rings (SSSR count). The molecule has 1 aliphatic carbocycles. The SMILES string of the molecule is CN=C(NCCS(C)(=O)=O)NCC1CC1. The van der Waals surface area contributed by atoms with Crippen molar-refractivity contribution in [3.05, 3.63) is 0 Å². The Morgan fingerprint density at radius 3 is 2.53 bits per heavy atom. The number of nitrogens with zero attached hydrogens (tertiary/aromatic N) is 1. The largest absolute Gasteiger partial charge is 0.356 e. The van der Waals surface area contributed by atoms with Crippen molar-refractivity contribution in [2.45, 2.75) is 12.8 Å². The van der Waals surface area contributed by atoms with Gasteiger partial charge in [0.1, 0.15) is 9.84 Å². The van der Waals surface area contributed by atoms with Gasteiger partial charge in [-0.2, -0.15) is 0 Å². The minimum absolute atomic E-state index is 0.136. The summed E-state index contributed by atoms with van der Waals surface area (Å²) in [5, 5.41) is 6.13. The molecule has 0 radical (unpaired) electrons. The van der Waals surface area contributed by atoms with Crippen LogP contribution in [0.2, 0.25) is 0 Å². The molecule has 2 N–H and O–H groups in total. The lowest BCUT2D eigenvalue weighted by Gasteiger charge is -2.10. The van der Waals surface area contributed by atoms with Crippen LogP contribution in [0, 0.1) is 5.92 Å². The molecule has 0 aromatic heterocycles. The summed E-state index contributed by atoms with van der Waals surface area (Å²) in [6.07, 6.45) is 3.80. The standard InChI is InChI=1S/C9H19N3O2S/c1-10-9(12-7-8-3-4-8)11-5-6-15(2,13)14/h8H,3-7H2,1-2H3,(H2,10,11,12). The van der Waals surface area contributed by atoms with E-state index in [-0.39, 0.29) is 5.75 Å². The second-order valence-electron chi connectivity index (χ2n) is 3.95. The molecule has 0 amide bonds. The van der Waals surface area contributed by atoms with E-state index in [9.17, 15) is 8.42 Å². The van der Waals surface area contributed by atoms with E-state index in [0.717, 1.165) is 12.5 Å². The fraction of sp³-hybridized carbons (Fsp3) is 0.889. The summed E-state index contributed by atoms with van der Waals surface area (Å²) in [4.78, 5) is 4.01. The summed E-state index contributed by atoms with van der Waals surface area (Å²) < 4.78 is 21.8. The molecule has 0 aromatic rings. The van der Waals surface area contributed by atoms with Crippen LogP contribution in [0.5, 0.6) is 0 Å².